The van der Waals surface area contributed by atoms with E-state index in [0.29, 0.717) is 5.69 Å². The lowest BCUT2D eigenvalue weighted by Gasteiger charge is -1.90. The fourth-order valence-electron chi connectivity index (χ4n) is 0.745. The molecule has 1 heterocycles. The normalized spacial score (nSPS) is 10.3. The van der Waals surface area contributed by atoms with Crippen LogP contribution in [0.3, 0.4) is 0 Å². The van der Waals surface area contributed by atoms with Gasteiger partial charge in [-0.3, -0.25) is 9.78 Å². The van der Waals surface area contributed by atoms with E-state index >= 15 is 0 Å². The Morgan fingerprint density at radius 1 is 1.55 bits per heavy atom. The van der Waals surface area contributed by atoms with Crippen LogP contribution in [-0.2, 0) is 0 Å². The third-order valence-corrected chi connectivity index (χ3v) is 1.24. The number of nitrogens with zero attached hydrogens (tertiary/aromatic N) is 1. The van der Waals surface area contributed by atoms with E-state index in [4.69, 9.17) is 0 Å². The van der Waals surface area contributed by atoms with Crippen molar-refractivity contribution in [3.8, 4) is 0 Å². The number of pyridine rings is 1. The van der Waals surface area contributed by atoms with Crippen LogP contribution in [-0.4, -0.2) is 10.8 Å². The van der Waals surface area contributed by atoms with Gasteiger partial charge >= 0.3 is 0 Å². The maximum absolute atomic E-state index is 11.1. The van der Waals surface area contributed by atoms with Gasteiger partial charge in [0.05, 0.1) is 0 Å². The molecule has 0 saturated carbocycles. The van der Waals surface area contributed by atoms with Gasteiger partial charge in [0.1, 0.15) is 5.69 Å². The van der Waals surface area contributed by atoms with Gasteiger partial charge in [0.25, 0.3) is 0 Å². The van der Waals surface area contributed by atoms with Gasteiger partial charge in [-0.25, -0.2) is 0 Å². The molecule has 2 nitrogen and oxygen atoms in total. The van der Waals surface area contributed by atoms with E-state index in [-0.39, 0.29) is 5.78 Å². The van der Waals surface area contributed by atoms with Gasteiger partial charge < -0.3 is 0 Å². The van der Waals surface area contributed by atoms with Crippen LogP contribution in [0, 0.1) is 0 Å². The van der Waals surface area contributed by atoms with Crippen molar-refractivity contribution < 1.29 is 4.79 Å². The molecule has 1 rings (SSSR count). The number of hydrogen-bond acceptors (Lipinski definition) is 2. The van der Waals surface area contributed by atoms with E-state index in [0.717, 1.165) is 0 Å². The minimum Gasteiger partial charge on any atom is -0.288 e. The molecule has 0 aliphatic rings. The largest absolute Gasteiger partial charge is 0.288 e. The average molecular weight is 147 g/mol. The van der Waals surface area contributed by atoms with Gasteiger partial charge in [-0.05, 0) is 25.1 Å². The van der Waals surface area contributed by atoms with E-state index in [9.17, 15) is 4.79 Å². The van der Waals surface area contributed by atoms with Crippen LogP contribution in [0.5, 0.6) is 0 Å². The summed E-state index contributed by atoms with van der Waals surface area (Å²) in [5.74, 6) is -0.0481. The van der Waals surface area contributed by atoms with Gasteiger partial charge in [0, 0.05) is 6.20 Å². The third-order valence-electron chi connectivity index (χ3n) is 1.24. The fourth-order valence-corrected chi connectivity index (χ4v) is 0.745. The van der Waals surface area contributed by atoms with Crippen molar-refractivity contribution in [2.45, 2.75) is 6.92 Å². The SMILES string of the molecule is C/C=C/C(=O)c1ccccn1. The second-order valence-electron chi connectivity index (χ2n) is 2.08. The highest BCUT2D eigenvalue weighted by atomic mass is 16.1. The molecular formula is C9H9NO. The first-order valence-corrected chi connectivity index (χ1v) is 3.42. The van der Waals surface area contributed by atoms with Crippen molar-refractivity contribution in [1.82, 2.24) is 4.98 Å². The number of ketones is 1. The Kier molecular flexibility index (Phi) is 2.55. The van der Waals surface area contributed by atoms with E-state index in [1.165, 1.54) is 6.08 Å². The monoisotopic (exact) mass is 147 g/mol. The predicted octanol–water partition coefficient (Wildman–Crippen LogP) is 1.84. The summed E-state index contributed by atoms with van der Waals surface area (Å²) in [6.07, 6.45) is 4.82. The van der Waals surface area contributed by atoms with Crippen LogP contribution < -0.4 is 0 Å². The zero-order chi connectivity index (χ0) is 8.10. The molecule has 0 atom stereocenters. The average Bonchev–Trinajstić information content (AvgIpc) is 2.07. The van der Waals surface area contributed by atoms with Crippen LogP contribution in [0.2, 0.25) is 0 Å². The summed E-state index contributed by atoms with van der Waals surface area (Å²) in [4.78, 5) is 15.0. The molecule has 0 saturated heterocycles. The Balaban J connectivity index is 2.86. The van der Waals surface area contributed by atoms with E-state index in [2.05, 4.69) is 4.98 Å². The molecule has 0 bridgehead atoms. The molecule has 11 heavy (non-hydrogen) atoms. The number of allylic oxidation sites excluding steroid dienone is 2. The summed E-state index contributed by atoms with van der Waals surface area (Å²) >= 11 is 0. The molecule has 0 aromatic carbocycles. The van der Waals surface area contributed by atoms with Crippen LogP contribution in [0.25, 0.3) is 0 Å². The molecule has 0 fully saturated rings. The lowest BCUT2D eigenvalue weighted by Crippen LogP contribution is -1.96. The summed E-state index contributed by atoms with van der Waals surface area (Å²) in [5, 5.41) is 0. The van der Waals surface area contributed by atoms with Crippen molar-refractivity contribution in [2.75, 3.05) is 0 Å². The Labute approximate surface area is 65.6 Å². The summed E-state index contributed by atoms with van der Waals surface area (Å²) in [7, 11) is 0. The Morgan fingerprint density at radius 3 is 2.91 bits per heavy atom. The highest BCUT2D eigenvalue weighted by molar-refractivity contribution is 6.02. The second-order valence-corrected chi connectivity index (χ2v) is 2.08. The van der Waals surface area contributed by atoms with Gasteiger partial charge in [-0.15, -0.1) is 0 Å². The fraction of sp³-hybridized carbons (Fsp3) is 0.111. The zero-order valence-corrected chi connectivity index (χ0v) is 6.32. The number of aromatic nitrogens is 1. The Hall–Kier alpha value is -1.44. The third kappa shape index (κ3) is 2.00. The van der Waals surface area contributed by atoms with Gasteiger partial charge in [0.15, 0.2) is 0 Å². The minimum atomic E-state index is -0.0481. The molecule has 0 amide bonds. The van der Waals surface area contributed by atoms with Crippen molar-refractivity contribution in [2.24, 2.45) is 0 Å². The second kappa shape index (κ2) is 3.66. The van der Waals surface area contributed by atoms with Gasteiger partial charge in [0.2, 0.25) is 5.78 Å². The summed E-state index contributed by atoms with van der Waals surface area (Å²) < 4.78 is 0. The predicted molar refractivity (Wildman–Crippen MR) is 43.4 cm³/mol. The first-order valence-electron chi connectivity index (χ1n) is 3.42. The molecule has 1 aromatic rings. The highest BCUT2D eigenvalue weighted by Gasteiger charge is 1.98. The summed E-state index contributed by atoms with van der Waals surface area (Å²) in [6, 6.07) is 5.28. The maximum atomic E-state index is 11.1. The smallest absolute Gasteiger partial charge is 0.203 e. The molecule has 2 heteroatoms. The zero-order valence-electron chi connectivity index (χ0n) is 6.32. The number of carbonyl (C=O) groups is 1. The first kappa shape index (κ1) is 7.66. The van der Waals surface area contributed by atoms with E-state index in [1.54, 1.807) is 37.4 Å². The lowest BCUT2D eigenvalue weighted by atomic mass is 10.2. The van der Waals surface area contributed by atoms with Crippen LogP contribution in [0.15, 0.2) is 36.5 Å². The van der Waals surface area contributed by atoms with Crippen molar-refractivity contribution in [3.05, 3.63) is 42.2 Å². The highest BCUT2D eigenvalue weighted by Crippen LogP contribution is 1.95. The molecule has 0 radical (unpaired) electrons. The number of carbonyl (C=O) groups excluding carboxylic acids is 1. The molecule has 1 aromatic heterocycles. The topological polar surface area (TPSA) is 30.0 Å². The molecule has 0 N–H and O–H groups in total. The summed E-state index contributed by atoms with van der Waals surface area (Å²) in [5.41, 5.74) is 0.491. The van der Waals surface area contributed by atoms with Crippen LogP contribution >= 0.6 is 0 Å². The quantitative estimate of drug-likeness (QED) is 0.472. The number of hydrogen-bond donors (Lipinski definition) is 0. The van der Waals surface area contributed by atoms with E-state index in [1.807, 2.05) is 0 Å². The molecule has 0 unspecified atom stereocenters. The van der Waals surface area contributed by atoms with E-state index < -0.39 is 0 Å². The van der Waals surface area contributed by atoms with Gasteiger partial charge in [-0.1, -0.05) is 12.1 Å². The van der Waals surface area contributed by atoms with Crippen molar-refractivity contribution >= 4 is 5.78 Å². The van der Waals surface area contributed by atoms with Gasteiger partial charge in [-0.2, -0.15) is 0 Å². The van der Waals surface area contributed by atoms with Crippen molar-refractivity contribution in [1.29, 1.82) is 0 Å². The van der Waals surface area contributed by atoms with Crippen LogP contribution in [0.1, 0.15) is 17.4 Å². The molecule has 0 spiro atoms. The van der Waals surface area contributed by atoms with Crippen LogP contribution in [0.4, 0.5) is 0 Å². The standard InChI is InChI=1S/C9H9NO/c1-2-5-9(11)8-6-3-4-7-10-8/h2-7H,1H3/b5-2+. The Bertz CT molecular complexity index is 264. The minimum absolute atomic E-state index is 0.0481. The summed E-state index contributed by atoms with van der Waals surface area (Å²) in [6.45, 7) is 1.81. The Morgan fingerprint density at radius 2 is 2.36 bits per heavy atom. The maximum Gasteiger partial charge on any atom is 0.203 e. The molecule has 0 aliphatic heterocycles. The number of rotatable bonds is 2. The lowest BCUT2D eigenvalue weighted by molar-refractivity contribution is 0.104. The molecular weight excluding hydrogens is 138 g/mol. The molecule has 56 valence electrons. The molecule has 0 aliphatic carbocycles. The first-order chi connectivity index (χ1) is 5.34. The van der Waals surface area contributed by atoms with Crippen molar-refractivity contribution in [3.63, 3.8) is 0 Å².